The number of thiophene rings is 1. The normalized spacial score (nSPS) is 27.7. The van der Waals surface area contributed by atoms with Crippen molar-refractivity contribution in [3.05, 3.63) is 16.0 Å². The first-order chi connectivity index (χ1) is 19.6. The van der Waals surface area contributed by atoms with Crippen LogP contribution in [-0.4, -0.2) is 79.8 Å². The van der Waals surface area contributed by atoms with E-state index < -0.39 is 5.60 Å². The molecule has 3 atom stereocenters. The number of carbonyl (C=O) groups is 4. The summed E-state index contributed by atoms with van der Waals surface area (Å²) in [4.78, 5) is 56.2. The predicted octanol–water partition coefficient (Wildman–Crippen LogP) is 2.55. The van der Waals surface area contributed by atoms with E-state index in [1.165, 1.54) is 16.2 Å². The van der Waals surface area contributed by atoms with Crippen LogP contribution in [0.15, 0.2) is 0 Å². The van der Waals surface area contributed by atoms with Crippen LogP contribution in [0.3, 0.4) is 0 Å². The number of piperidine rings is 2. The van der Waals surface area contributed by atoms with Gasteiger partial charge in [-0.05, 0) is 65.4 Å². The number of amides is 3. The van der Waals surface area contributed by atoms with E-state index in [1.54, 1.807) is 6.92 Å². The van der Waals surface area contributed by atoms with Crippen molar-refractivity contribution < 1.29 is 33.6 Å². The van der Waals surface area contributed by atoms with Crippen LogP contribution in [0.4, 0.5) is 9.80 Å². The lowest BCUT2D eigenvalue weighted by Crippen LogP contribution is -3.18. The maximum absolute atomic E-state index is 14.0. The Morgan fingerprint density at radius 3 is 2.59 bits per heavy atom. The number of rotatable bonds is 6. The average molecular weight is 590 g/mol. The molecule has 1 aliphatic carbocycles. The van der Waals surface area contributed by atoms with Gasteiger partial charge in [0.05, 0.1) is 37.2 Å². The van der Waals surface area contributed by atoms with Crippen LogP contribution in [-0.2, 0) is 31.9 Å². The first kappa shape index (κ1) is 29.8. The molecule has 1 aromatic rings. The molecule has 10 nitrogen and oxygen atoms in total. The number of urea groups is 1. The number of ether oxygens (including phenoxy) is 2. The molecule has 226 valence electrons. The van der Waals surface area contributed by atoms with Crippen LogP contribution in [0.5, 0.6) is 0 Å². The van der Waals surface area contributed by atoms with Gasteiger partial charge in [0.25, 0.3) is 5.91 Å². The molecule has 4 heterocycles. The van der Waals surface area contributed by atoms with Gasteiger partial charge in [-0.3, -0.25) is 19.7 Å². The average Bonchev–Trinajstić information content (AvgIpc) is 3.39. The molecule has 1 spiro atoms. The fraction of sp³-hybridized carbons (Fsp3) is 0.733. The number of cyclic esters (lactones) is 1. The van der Waals surface area contributed by atoms with Crippen molar-refractivity contribution in [3.8, 4) is 0 Å². The molecule has 41 heavy (non-hydrogen) atoms. The number of hydrogen-bond donors (Lipinski definition) is 3. The van der Waals surface area contributed by atoms with E-state index in [4.69, 9.17) is 9.47 Å². The fourth-order valence-corrected chi connectivity index (χ4v) is 8.85. The smallest absolute Gasteiger partial charge is 0.319 e. The summed E-state index contributed by atoms with van der Waals surface area (Å²) in [7, 11) is 0. The highest BCUT2D eigenvalue weighted by molar-refractivity contribution is 7.17. The number of quaternary nitrogens is 1. The van der Waals surface area contributed by atoms with E-state index >= 15 is 0 Å². The van der Waals surface area contributed by atoms with E-state index in [2.05, 4.69) is 10.6 Å². The van der Waals surface area contributed by atoms with Gasteiger partial charge in [0, 0.05) is 43.8 Å². The van der Waals surface area contributed by atoms with Crippen molar-refractivity contribution in [1.29, 1.82) is 0 Å². The Morgan fingerprint density at radius 2 is 1.93 bits per heavy atom. The van der Waals surface area contributed by atoms with Crippen LogP contribution in [0.25, 0.3) is 0 Å². The number of hydrogen-bond acceptors (Lipinski definition) is 7. The minimum Gasteiger partial charge on any atom is -0.466 e. The second-order valence-corrected chi connectivity index (χ2v) is 13.9. The van der Waals surface area contributed by atoms with Crippen LogP contribution in [0, 0.1) is 11.3 Å². The molecule has 4 aliphatic rings. The van der Waals surface area contributed by atoms with Crippen molar-refractivity contribution >= 4 is 40.2 Å². The largest absolute Gasteiger partial charge is 0.466 e. The topological polar surface area (TPSA) is 118 Å². The quantitative estimate of drug-likeness (QED) is 0.439. The Morgan fingerprint density at radius 1 is 1.17 bits per heavy atom. The molecule has 0 saturated carbocycles. The van der Waals surface area contributed by atoms with E-state index in [9.17, 15) is 19.2 Å². The molecule has 3 unspecified atom stereocenters. The molecule has 3 aliphatic heterocycles. The summed E-state index contributed by atoms with van der Waals surface area (Å²) in [5.74, 6) is -0.507. The summed E-state index contributed by atoms with van der Waals surface area (Å²) >= 11 is 1.41. The molecule has 0 bridgehead atoms. The summed E-state index contributed by atoms with van der Waals surface area (Å²) in [6, 6.07) is 0.0689. The summed E-state index contributed by atoms with van der Waals surface area (Å²) in [6.45, 7) is 11.6. The maximum atomic E-state index is 14.0. The van der Waals surface area contributed by atoms with Gasteiger partial charge in [-0.25, -0.2) is 4.79 Å². The standard InChI is InChI=1S/C30H44N4O6S/c1-5-31-28(38)32-24-23(21-9-8-19(16-22(21)41-24)26(36)39-6-2)25(35)33-14-10-20(11-15-33)34-13-7-12-30(18-34)17-29(3,4)40-27(30)37/h19-20H,5-18H2,1-4H3,(H2,31,32,38)/p+1. The molecule has 3 amide bonds. The highest BCUT2D eigenvalue weighted by Gasteiger charge is 2.56. The predicted molar refractivity (Wildman–Crippen MR) is 155 cm³/mol. The Hall–Kier alpha value is -2.66. The van der Waals surface area contributed by atoms with Crippen LogP contribution in [0.1, 0.15) is 87.0 Å². The first-order valence-electron chi connectivity index (χ1n) is 15.3. The van der Waals surface area contributed by atoms with Crippen molar-refractivity contribution in [2.45, 2.75) is 90.7 Å². The lowest BCUT2D eigenvalue weighted by atomic mass is 9.74. The van der Waals surface area contributed by atoms with Crippen molar-refractivity contribution in [1.82, 2.24) is 10.2 Å². The molecular formula is C30H45N4O6S+. The van der Waals surface area contributed by atoms with Gasteiger partial charge in [0.1, 0.15) is 16.0 Å². The second-order valence-electron chi connectivity index (χ2n) is 12.7. The lowest BCUT2D eigenvalue weighted by molar-refractivity contribution is -0.937. The number of anilines is 1. The maximum Gasteiger partial charge on any atom is 0.319 e. The highest BCUT2D eigenvalue weighted by atomic mass is 32.1. The van der Waals surface area contributed by atoms with Gasteiger partial charge in [-0.1, -0.05) is 0 Å². The van der Waals surface area contributed by atoms with Crippen LogP contribution >= 0.6 is 11.3 Å². The van der Waals surface area contributed by atoms with E-state index in [-0.39, 0.29) is 35.2 Å². The van der Waals surface area contributed by atoms with Gasteiger partial charge >= 0.3 is 18.0 Å². The summed E-state index contributed by atoms with van der Waals surface area (Å²) in [5, 5.41) is 6.23. The number of nitrogens with zero attached hydrogens (tertiary/aromatic N) is 1. The molecule has 3 saturated heterocycles. The van der Waals surface area contributed by atoms with Gasteiger partial charge < -0.3 is 24.6 Å². The molecule has 0 radical (unpaired) electrons. The summed E-state index contributed by atoms with van der Waals surface area (Å²) < 4.78 is 11.0. The van der Waals surface area contributed by atoms with E-state index in [1.807, 2.05) is 25.7 Å². The number of likely N-dealkylation sites (tertiary alicyclic amines) is 2. The Kier molecular flexibility index (Phi) is 8.66. The third-order valence-electron chi connectivity index (χ3n) is 9.31. The van der Waals surface area contributed by atoms with Crippen LogP contribution in [0.2, 0.25) is 0 Å². The Balaban J connectivity index is 1.28. The molecule has 1 aromatic heterocycles. The van der Waals surface area contributed by atoms with Crippen molar-refractivity contribution in [2.24, 2.45) is 11.3 Å². The molecule has 5 rings (SSSR count). The molecule has 3 fully saturated rings. The molecule has 3 N–H and O–H groups in total. The van der Waals surface area contributed by atoms with Gasteiger partial charge in [-0.15, -0.1) is 11.3 Å². The van der Waals surface area contributed by atoms with Gasteiger partial charge in [-0.2, -0.15) is 0 Å². The van der Waals surface area contributed by atoms with Crippen LogP contribution < -0.4 is 15.5 Å². The van der Waals surface area contributed by atoms with E-state index in [0.29, 0.717) is 62.1 Å². The third kappa shape index (κ3) is 6.11. The number of esters is 2. The zero-order valence-electron chi connectivity index (χ0n) is 24.9. The molecule has 0 aromatic carbocycles. The fourth-order valence-electron chi connectivity index (χ4n) is 7.54. The highest BCUT2D eigenvalue weighted by Crippen LogP contribution is 2.44. The summed E-state index contributed by atoms with van der Waals surface area (Å²) in [6.07, 6.45) is 6.22. The number of nitrogens with one attached hydrogen (secondary N) is 3. The molecule has 11 heteroatoms. The third-order valence-corrected chi connectivity index (χ3v) is 10.5. The monoisotopic (exact) mass is 589 g/mol. The first-order valence-corrected chi connectivity index (χ1v) is 16.1. The van der Waals surface area contributed by atoms with E-state index in [0.717, 1.165) is 55.6 Å². The lowest BCUT2D eigenvalue weighted by Gasteiger charge is -2.42. The van der Waals surface area contributed by atoms with Gasteiger partial charge in [0.2, 0.25) is 0 Å². The summed E-state index contributed by atoms with van der Waals surface area (Å²) in [5.41, 5.74) is 0.768. The zero-order valence-corrected chi connectivity index (χ0v) is 25.7. The minimum absolute atomic E-state index is 0.0353. The Labute approximate surface area is 246 Å². The Bertz CT molecular complexity index is 1190. The van der Waals surface area contributed by atoms with Crippen molar-refractivity contribution in [2.75, 3.05) is 44.6 Å². The van der Waals surface area contributed by atoms with Crippen molar-refractivity contribution in [3.63, 3.8) is 0 Å². The van der Waals surface area contributed by atoms with Gasteiger partial charge in [0.15, 0.2) is 0 Å². The SMILES string of the molecule is CCNC(=O)Nc1sc2c(c1C(=O)N1CCC([NH+]3CCCC4(C3)CC(C)(C)OC4=O)CC1)CCC(C(=O)OCC)C2. The number of fused-ring (bicyclic) bond motifs is 1. The second kappa shape index (κ2) is 11.9. The number of carbonyl (C=O) groups excluding carboxylic acids is 4. The molecular weight excluding hydrogens is 544 g/mol. The minimum atomic E-state index is -0.398. The zero-order chi connectivity index (χ0) is 29.4.